The third-order valence-corrected chi connectivity index (χ3v) is 3.17. The number of H-pyrrole nitrogens is 1. The number of nitrogens with one attached hydrogen (secondary N) is 1. The van der Waals surface area contributed by atoms with Gasteiger partial charge in [-0.3, -0.25) is 9.78 Å². The molecule has 2 rings (SSSR count). The van der Waals surface area contributed by atoms with Crippen LogP contribution in [0.1, 0.15) is 13.3 Å². The average molecular weight is 334 g/mol. The lowest BCUT2D eigenvalue weighted by Crippen LogP contribution is -2.06. The molecule has 0 saturated carbocycles. The van der Waals surface area contributed by atoms with Crippen molar-refractivity contribution in [2.75, 3.05) is 13.7 Å². The molecule has 0 aliphatic rings. The third-order valence-electron chi connectivity index (χ3n) is 2.10. The van der Waals surface area contributed by atoms with Crippen LogP contribution < -0.4 is 5.56 Å². The Morgan fingerprint density at radius 3 is 2.83 bits per heavy atom. The Balaban J connectivity index is 0.000000280. The number of aromatic nitrogens is 2. The average Bonchev–Trinajstić information content (AvgIpc) is 2.36. The summed E-state index contributed by atoms with van der Waals surface area (Å²) in [4.78, 5) is 17.8. The van der Waals surface area contributed by atoms with Gasteiger partial charge in [0, 0.05) is 31.5 Å². The number of ether oxygens (including phenoxy) is 1. The minimum atomic E-state index is -0.206. The van der Waals surface area contributed by atoms with Gasteiger partial charge in [-0.15, -0.1) is 0 Å². The molecular weight excluding hydrogens is 320 g/mol. The molecule has 18 heavy (non-hydrogen) atoms. The van der Waals surface area contributed by atoms with Crippen molar-refractivity contribution in [3.63, 3.8) is 0 Å². The van der Waals surface area contributed by atoms with Gasteiger partial charge in [0.05, 0.1) is 10.5 Å². The van der Waals surface area contributed by atoms with Crippen molar-refractivity contribution in [2.45, 2.75) is 13.3 Å². The van der Waals surface area contributed by atoms with Crippen LogP contribution >= 0.6 is 27.5 Å². The van der Waals surface area contributed by atoms with Crippen LogP contribution in [0, 0.1) is 0 Å². The lowest BCUT2D eigenvalue weighted by molar-refractivity contribution is 0.199. The number of rotatable bonds is 2. The zero-order valence-corrected chi connectivity index (χ0v) is 12.5. The largest absolute Gasteiger partial charge is 0.385 e. The van der Waals surface area contributed by atoms with Crippen LogP contribution in [0.15, 0.2) is 27.7 Å². The third kappa shape index (κ3) is 3.80. The molecule has 0 amide bonds. The quantitative estimate of drug-likeness (QED) is 0.916. The van der Waals surface area contributed by atoms with Gasteiger partial charge in [0.25, 0.3) is 5.56 Å². The maximum Gasteiger partial charge on any atom is 0.264 e. The summed E-state index contributed by atoms with van der Waals surface area (Å²) in [7, 11) is 1.71. The first-order valence-electron chi connectivity index (χ1n) is 5.42. The van der Waals surface area contributed by atoms with Gasteiger partial charge in [0.2, 0.25) is 0 Å². The standard InChI is InChI=1S/C8H4BrClN2O.C4H10O/c9-6-7-4(3-12-8(6)13)5(10)1-2-11-7;1-3-4-5-2/h1-3H,(H,12,13);3-4H2,1-2H3. The Hall–Kier alpha value is -0.910. The van der Waals surface area contributed by atoms with Gasteiger partial charge in [-0.1, -0.05) is 18.5 Å². The number of fused-ring (bicyclic) bond motifs is 1. The van der Waals surface area contributed by atoms with Crippen molar-refractivity contribution < 1.29 is 4.74 Å². The van der Waals surface area contributed by atoms with E-state index in [-0.39, 0.29) is 5.56 Å². The molecule has 0 aliphatic heterocycles. The van der Waals surface area contributed by atoms with E-state index >= 15 is 0 Å². The monoisotopic (exact) mass is 332 g/mol. The van der Waals surface area contributed by atoms with E-state index in [9.17, 15) is 4.79 Å². The van der Waals surface area contributed by atoms with Gasteiger partial charge >= 0.3 is 0 Å². The first-order valence-corrected chi connectivity index (χ1v) is 6.59. The van der Waals surface area contributed by atoms with Crippen LogP contribution in [0.3, 0.4) is 0 Å². The van der Waals surface area contributed by atoms with Gasteiger partial charge in [-0.25, -0.2) is 0 Å². The number of nitrogens with zero attached hydrogens (tertiary/aromatic N) is 1. The highest BCUT2D eigenvalue weighted by Gasteiger charge is 2.05. The molecule has 0 radical (unpaired) electrons. The van der Waals surface area contributed by atoms with E-state index in [1.54, 1.807) is 25.6 Å². The van der Waals surface area contributed by atoms with Gasteiger partial charge in [-0.2, -0.15) is 0 Å². The van der Waals surface area contributed by atoms with Crippen molar-refractivity contribution in [1.29, 1.82) is 0 Å². The molecule has 0 aliphatic carbocycles. The maximum absolute atomic E-state index is 11.2. The Morgan fingerprint density at radius 1 is 1.56 bits per heavy atom. The highest BCUT2D eigenvalue weighted by atomic mass is 79.9. The van der Waals surface area contributed by atoms with Crippen LogP contribution in [0.2, 0.25) is 5.02 Å². The van der Waals surface area contributed by atoms with Gasteiger partial charge in [0.15, 0.2) is 0 Å². The summed E-state index contributed by atoms with van der Waals surface area (Å²) in [6, 6.07) is 1.68. The zero-order chi connectivity index (χ0) is 13.5. The topological polar surface area (TPSA) is 55.0 Å². The van der Waals surface area contributed by atoms with E-state index in [0.29, 0.717) is 15.0 Å². The summed E-state index contributed by atoms with van der Waals surface area (Å²) in [5.74, 6) is 0. The van der Waals surface area contributed by atoms with E-state index < -0.39 is 0 Å². The van der Waals surface area contributed by atoms with Crippen LogP contribution in [0.5, 0.6) is 0 Å². The number of methoxy groups -OCH3 is 1. The molecule has 1 N–H and O–H groups in total. The summed E-state index contributed by atoms with van der Waals surface area (Å²) < 4.78 is 5.10. The predicted molar refractivity (Wildman–Crippen MR) is 77.2 cm³/mol. The normalized spacial score (nSPS) is 10.0. The molecule has 2 aromatic rings. The first kappa shape index (κ1) is 15.1. The Morgan fingerprint density at radius 2 is 2.28 bits per heavy atom. The molecule has 0 saturated heterocycles. The smallest absolute Gasteiger partial charge is 0.264 e. The van der Waals surface area contributed by atoms with Gasteiger partial charge < -0.3 is 9.72 Å². The predicted octanol–water partition coefficient (Wildman–Crippen LogP) is 3.38. The molecule has 2 aromatic heterocycles. The number of pyridine rings is 2. The Kier molecular flexibility index (Phi) is 6.32. The van der Waals surface area contributed by atoms with Gasteiger partial charge in [-0.05, 0) is 28.4 Å². The second kappa shape index (κ2) is 7.51. The van der Waals surface area contributed by atoms with Crippen LogP contribution in [0.4, 0.5) is 0 Å². The van der Waals surface area contributed by atoms with E-state index in [4.69, 9.17) is 16.3 Å². The summed E-state index contributed by atoms with van der Waals surface area (Å²) >= 11 is 9.05. The molecular formula is C12H14BrClN2O2. The fourth-order valence-electron chi connectivity index (χ4n) is 1.27. The molecule has 6 heteroatoms. The Bertz CT molecular complexity index is 569. The highest BCUT2D eigenvalue weighted by molar-refractivity contribution is 9.10. The second-order valence-corrected chi connectivity index (χ2v) is 4.68. The molecule has 98 valence electrons. The molecule has 0 spiro atoms. The molecule has 0 unspecified atom stereocenters. The van der Waals surface area contributed by atoms with Crippen molar-refractivity contribution in [1.82, 2.24) is 9.97 Å². The fourth-order valence-corrected chi connectivity index (χ4v) is 1.91. The van der Waals surface area contributed by atoms with E-state index in [0.717, 1.165) is 18.4 Å². The SMILES string of the molecule is CCCOC.O=c1[nH]cc2c(Cl)ccnc2c1Br. The fraction of sp³-hybridized carbons (Fsp3) is 0.333. The molecule has 2 heterocycles. The zero-order valence-electron chi connectivity index (χ0n) is 10.2. The lowest BCUT2D eigenvalue weighted by atomic mass is 10.3. The Labute approximate surface area is 118 Å². The number of aromatic amines is 1. The molecule has 4 nitrogen and oxygen atoms in total. The highest BCUT2D eigenvalue weighted by Crippen LogP contribution is 2.23. The summed E-state index contributed by atoms with van der Waals surface area (Å²) in [6.45, 7) is 2.98. The van der Waals surface area contributed by atoms with E-state index in [1.807, 2.05) is 0 Å². The van der Waals surface area contributed by atoms with Crippen LogP contribution in [0.25, 0.3) is 10.9 Å². The number of halogens is 2. The summed E-state index contributed by atoms with van der Waals surface area (Å²) in [5.41, 5.74) is 0.374. The van der Waals surface area contributed by atoms with E-state index in [2.05, 4.69) is 32.8 Å². The number of hydrogen-bond donors (Lipinski definition) is 1. The molecule has 0 atom stereocenters. The molecule has 0 fully saturated rings. The van der Waals surface area contributed by atoms with Crippen molar-refractivity contribution in [3.05, 3.63) is 38.3 Å². The van der Waals surface area contributed by atoms with Crippen molar-refractivity contribution in [2.24, 2.45) is 0 Å². The minimum Gasteiger partial charge on any atom is -0.385 e. The lowest BCUT2D eigenvalue weighted by Gasteiger charge is -1.99. The minimum absolute atomic E-state index is 0.206. The number of hydrogen-bond acceptors (Lipinski definition) is 3. The second-order valence-electron chi connectivity index (χ2n) is 3.48. The van der Waals surface area contributed by atoms with Crippen molar-refractivity contribution >= 4 is 38.4 Å². The maximum atomic E-state index is 11.2. The van der Waals surface area contributed by atoms with Gasteiger partial charge in [0.1, 0.15) is 4.47 Å². The van der Waals surface area contributed by atoms with Crippen LogP contribution in [-0.2, 0) is 4.74 Å². The first-order chi connectivity index (χ1) is 8.61. The molecule has 0 aromatic carbocycles. The van der Waals surface area contributed by atoms with Crippen molar-refractivity contribution in [3.8, 4) is 0 Å². The molecule has 0 bridgehead atoms. The van der Waals surface area contributed by atoms with E-state index in [1.165, 1.54) is 0 Å². The summed E-state index contributed by atoms with van der Waals surface area (Å²) in [6.07, 6.45) is 4.24. The van der Waals surface area contributed by atoms with Crippen LogP contribution in [-0.4, -0.2) is 23.7 Å². The summed E-state index contributed by atoms with van der Waals surface area (Å²) in [5, 5.41) is 1.30.